The second-order valence-corrected chi connectivity index (χ2v) is 5.49. The number of nitrogens with one attached hydrogen (secondary N) is 2. The van der Waals surface area contributed by atoms with E-state index in [1.54, 1.807) is 32.0 Å². The SMILES string of the molecule is CC(C)NC(=O)NC(=O)COC(=O)Cc1ccc2c(c1)OCCO2. The summed E-state index contributed by atoms with van der Waals surface area (Å²) in [5.74, 6) is -0.0571. The van der Waals surface area contributed by atoms with Gasteiger partial charge in [-0.1, -0.05) is 6.07 Å². The van der Waals surface area contributed by atoms with E-state index >= 15 is 0 Å². The molecule has 0 spiro atoms. The minimum absolute atomic E-state index is 0.0118. The lowest BCUT2D eigenvalue weighted by molar-refractivity contribution is -0.147. The summed E-state index contributed by atoms with van der Waals surface area (Å²) in [5.41, 5.74) is 0.683. The maximum absolute atomic E-state index is 11.8. The molecular formula is C16H20N2O6. The molecule has 2 rings (SSSR count). The molecule has 130 valence electrons. The van der Waals surface area contributed by atoms with Gasteiger partial charge >= 0.3 is 12.0 Å². The molecule has 8 heteroatoms. The fourth-order valence-corrected chi connectivity index (χ4v) is 2.02. The number of benzene rings is 1. The van der Waals surface area contributed by atoms with E-state index < -0.39 is 24.5 Å². The fourth-order valence-electron chi connectivity index (χ4n) is 2.02. The van der Waals surface area contributed by atoms with Crippen molar-refractivity contribution in [1.82, 2.24) is 10.6 Å². The molecule has 0 aromatic heterocycles. The van der Waals surface area contributed by atoms with Crippen molar-refractivity contribution in [3.63, 3.8) is 0 Å². The number of imide groups is 1. The zero-order valence-electron chi connectivity index (χ0n) is 13.6. The van der Waals surface area contributed by atoms with E-state index in [0.717, 1.165) is 0 Å². The van der Waals surface area contributed by atoms with Crippen LogP contribution in [0, 0.1) is 0 Å². The highest BCUT2D eigenvalue weighted by atomic mass is 16.6. The number of rotatable bonds is 5. The summed E-state index contributed by atoms with van der Waals surface area (Å²) in [7, 11) is 0. The van der Waals surface area contributed by atoms with Gasteiger partial charge in [-0.25, -0.2) is 4.79 Å². The average molecular weight is 336 g/mol. The van der Waals surface area contributed by atoms with Crippen molar-refractivity contribution in [1.29, 1.82) is 0 Å². The van der Waals surface area contributed by atoms with E-state index in [4.69, 9.17) is 14.2 Å². The number of ether oxygens (including phenoxy) is 3. The fraction of sp³-hybridized carbons (Fsp3) is 0.438. The maximum Gasteiger partial charge on any atom is 0.321 e. The quantitative estimate of drug-likeness (QED) is 0.770. The molecule has 0 bridgehead atoms. The zero-order chi connectivity index (χ0) is 17.5. The summed E-state index contributed by atoms with van der Waals surface area (Å²) in [5, 5.41) is 4.56. The van der Waals surface area contributed by atoms with Crippen LogP contribution in [-0.4, -0.2) is 43.8 Å². The topological polar surface area (TPSA) is 103 Å². The standard InChI is InChI=1S/C16H20N2O6/c1-10(2)17-16(21)18-14(19)9-24-15(20)8-11-3-4-12-13(7-11)23-6-5-22-12/h3-4,7,10H,5-6,8-9H2,1-2H3,(H2,17,18,19,21). The van der Waals surface area contributed by atoms with Gasteiger partial charge in [0.2, 0.25) is 0 Å². The Morgan fingerprint density at radius 3 is 2.58 bits per heavy atom. The summed E-state index contributed by atoms with van der Waals surface area (Å²) in [6, 6.07) is 4.42. The van der Waals surface area contributed by atoms with Crippen LogP contribution in [-0.2, 0) is 20.7 Å². The molecule has 0 atom stereocenters. The summed E-state index contributed by atoms with van der Waals surface area (Å²) in [6.07, 6.45) is -0.0118. The van der Waals surface area contributed by atoms with E-state index in [9.17, 15) is 14.4 Å². The maximum atomic E-state index is 11.8. The smallest absolute Gasteiger partial charge is 0.321 e. The Balaban J connectivity index is 1.77. The number of amides is 3. The Morgan fingerprint density at radius 2 is 1.88 bits per heavy atom. The number of urea groups is 1. The lowest BCUT2D eigenvalue weighted by Crippen LogP contribution is -2.44. The molecule has 0 saturated heterocycles. The molecule has 1 aliphatic rings. The van der Waals surface area contributed by atoms with E-state index in [-0.39, 0.29) is 12.5 Å². The number of esters is 1. The Hall–Kier alpha value is -2.77. The Kier molecular flexibility index (Phi) is 6.00. The van der Waals surface area contributed by atoms with E-state index in [0.29, 0.717) is 30.3 Å². The Morgan fingerprint density at radius 1 is 1.17 bits per heavy atom. The molecular weight excluding hydrogens is 316 g/mol. The van der Waals surface area contributed by atoms with Crippen molar-refractivity contribution < 1.29 is 28.6 Å². The van der Waals surface area contributed by atoms with Crippen molar-refractivity contribution in [2.45, 2.75) is 26.3 Å². The van der Waals surface area contributed by atoms with Crippen LogP contribution in [0.15, 0.2) is 18.2 Å². The van der Waals surface area contributed by atoms with Crippen LogP contribution in [0.3, 0.4) is 0 Å². The number of hydrogen-bond acceptors (Lipinski definition) is 6. The van der Waals surface area contributed by atoms with Crippen molar-refractivity contribution >= 4 is 17.9 Å². The molecule has 8 nitrogen and oxygen atoms in total. The van der Waals surface area contributed by atoms with Crippen LogP contribution in [0.2, 0.25) is 0 Å². The van der Waals surface area contributed by atoms with Crippen LogP contribution in [0.4, 0.5) is 4.79 Å². The molecule has 1 aromatic rings. The zero-order valence-corrected chi connectivity index (χ0v) is 13.6. The minimum Gasteiger partial charge on any atom is -0.486 e. The third kappa shape index (κ3) is 5.45. The molecule has 0 fully saturated rings. The van der Waals surface area contributed by atoms with Crippen LogP contribution < -0.4 is 20.1 Å². The van der Waals surface area contributed by atoms with Gasteiger partial charge in [0.15, 0.2) is 18.1 Å². The molecule has 1 aromatic carbocycles. The van der Waals surface area contributed by atoms with Crippen molar-refractivity contribution in [3.8, 4) is 11.5 Å². The summed E-state index contributed by atoms with van der Waals surface area (Å²) < 4.78 is 15.7. The normalized spacial score (nSPS) is 12.5. The lowest BCUT2D eigenvalue weighted by Gasteiger charge is -2.18. The molecule has 1 heterocycles. The van der Waals surface area contributed by atoms with Gasteiger partial charge in [0.1, 0.15) is 13.2 Å². The summed E-state index contributed by atoms with van der Waals surface area (Å²) in [6.45, 7) is 3.96. The third-order valence-electron chi connectivity index (χ3n) is 2.99. The van der Waals surface area contributed by atoms with Crippen molar-refractivity contribution in [3.05, 3.63) is 23.8 Å². The number of hydrogen-bond donors (Lipinski definition) is 2. The average Bonchev–Trinajstić information content (AvgIpc) is 2.52. The second kappa shape index (κ2) is 8.19. The summed E-state index contributed by atoms with van der Waals surface area (Å²) >= 11 is 0. The van der Waals surface area contributed by atoms with Gasteiger partial charge in [-0.3, -0.25) is 14.9 Å². The van der Waals surface area contributed by atoms with Crippen molar-refractivity contribution in [2.24, 2.45) is 0 Å². The highest BCUT2D eigenvalue weighted by Gasteiger charge is 2.15. The predicted octanol–water partition coefficient (Wildman–Crippen LogP) is 0.778. The Labute approximate surface area is 139 Å². The molecule has 2 N–H and O–H groups in total. The highest BCUT2D eigenvalue weighted by Crippen LogP contribution is 2.30. The van der Waals surface area contributed by atoms with E-state index in [2.05, 4.69) is 10.6 Å². The van der Waals surface area contributed by atoms with Gasteiger partial charge in [-0.2, -0.15) is 0 Å². The van der Waals surface area contributed by atoms with Gasteiger partial charge in [-0.15, -0.1) is 0 Å². The molecule has 3 amide bonds. The molecule has 24 heavy (non-hydrogen) atoms. The highest BCUT2D eigenvalue weighted by molar-refractivity contribution is 5.95. The minimum atomic E-state index is -0.691. The van der Waals surface area contributed by atoms with Gasteiger partial charge < -0.3 is 19.5 Å². The molecule has 0 unspecified atom stereocenters. The summed E-state index contributed by atoms with van der Waals surface area (Å²) in [4.78, 5) is 34.6. The first-order chi connectivity index (χ1) is 11.4. The van der Waals surface area contributed by atoms with Gasteiger partial charge in [0.05, 0.1) is 6.42 Å². The van der Waals surface area contributed by atoms with Gasteiger partial charge in [0.25, 0.3) is 5.91 Å². The second-order valence-electron chi connectivity index (χ2n) is 5.49. The molecule has 0 radical (unpaired) electrons. The number of fused-ring (bicyclic) bond motifs is 1. The molecule has 1 aliphatic heterocycles. The predicted molar refractivity (Wildman–Crippen MR) is 83.9 cm³/mol. The third-order valence-corrected chi connectivity index (χ3v) is 2.99. The number of carbonyl (C=O) groups excluding carboxylic acids is 3. The Bertz CT molecular complexity index is 629. The van der Waals surface area contributed by atoms with E-state index in [1.807, 2.05) is 0 Å². The van der Waals surface area contributed by atoms with Crippen LogP contribution in [0.5, 0.6) is 11.5 Å². The lowest BCUT2D eigenvalue weighted by atomic mass is 10.1. The first-order valence-corrected chi connectivity index (χ1v) is 7.58. The monoisotopic (exact) mass is 336 g/mol. The van der Waals surface area contributed by atoms with E-state index in [1.165, 1.54) is 0 Å². The van der Waals surface area contributed by atoms with Crippen LogP contribution >= 0.6 is 0 Å². The van der Waals surface area contributed by atoms with Gasteiger partial charge in [-0.05, 0) is 31.5 Å². The number of carbonyl (C=O) groups is 3. The largest absolute Gasteiger partial charge is 0.486 e. The first kappa shape index (κ1) is 17.6. The first-order valence-electron chi connectivity index (χ1n) is 7.58. The molecule has 0 saturated carbocycles. The van der Waals surface area contributed by atoms with Crippen LogP contribution in [0.1, 0.15) is 19.4 Å². The van der Waals surface area contributed by atoms with Crippen molar-refractivity contribution in [2.75, 3.05) is 19.8 Å². The van der Waals surface area contributed by atoms with Crippen LogP contribution in [0.25, 0.3) is 0 Å². The van der Waals surface area contributed by atoms with Gasteiger partial charge in [0, 0.05) is 6.04 Å². The molecule has 0 aliphatic carbocycles.